The second kappa shape index (κ2) is 7.19. The fourth-order valence-corrected chi connectivity index (χ4v) is 7.54. The standard InChI is InChI=1S/C22H28N2O3.C2H2O4/c1-3-9-24-10-8-21-17-13-4-5-14(25)18(17)27-19(21)22(26-2)7-6-20(21,12-15(22)23)16(24)11-13;3-1(4)2(5)6/h4-7,15-16,19,25H,3,8-12,23H2,1-2H3;(H,3,4)(H,5,6)/t15-,16+,19+,20+,21-,22?;/m0./s1. The lowest BCUT2D eigenvalue weighted by atomic mass is 9.38. The first-order valence-electron chi connectivity index (χ1n) is 11.4. The Morgan fingerprint density at radius 1 is 1.27 bits per heavy atom. The Morgan fingerprint density at radius 3 is 2.61 bits per heavy atom. The van der Waals surface area contributed by atoms with Crippen LogP contribution >= 0.6 is 0 Å². The number of nitrogens with two attached hydrogens (primary N) is 1. The second-order valence-corrected chi connectivity index (χ2v) is 9.78. The van der Waals surface area contributed by atoms with Crippen LogP contribution in [-0.4, -0.2) is 76.1 Å². The van der Waals surface area contributed by atoms with Crippen LogP contribution in [-0.2, 0) is 26.2 Å². The molecule has 33 heavy (non-hydrogen) atoms. The molecule has 4 aliphatic carbocycles. The minimum atomic E-state index is -1.82. The van der Waals surface area contributed by atoms with Gasteiger partial charge < -0.3 is 30.5 Å². The molecule has 9 nitrogen and oxygen atoms in total. The highest BCUT2D eigenvalue weighted by Gasteiger charge is 2.78. The number of piperidine rings is 1. The van der Waals surface area contributed by atoms with E-state index in [1.165, 1.54) is 11.1 Å². The molecule has 2 spiro atoms. The summed E-state index contributed by atoms with van der Waals surface area (Å²) < 4.78 is 12.7. The van der Waals surface area contributed by atoms with E-state index in [1.54, 1.807) is 13.2 Å². The minimum absolute atomic E-state index is 0.0448. The highest BCUT2D eigenvalue weighted by Crippen LogP contribution is 2.73. The zero-order valence-electron chi connectivity index (χ0n) is 18.8. The molecule has 1 saturated carbocycles. The van der Waals surface area contributed by atoms with Gasteiger partial charge in [-0.05, 0) is 50.4 Å². The average Bonchev–Trinajstić information content (AvgIpc) is 3.15. The molecule has 4 bridgehead atoms. The molecule has 2 aliphatic heterocycles. The molecule has 2 fully saturated rings. The number of aliphatic carboxylic acids is 2. The van der Waals surface area contributed by atoms with Gasteiger partial charge in [0.1, 0.15) is 11.7 Å². The van der Waals surface area contributed by atoms with E-state index in [-0.39, 0.29) is 28.7 Å². The second-order valence-electron chi connectivity index (χ2n) is 9.78. The molecule has 1 aromatic carbocycles. The van der Waals surface area contributed by atoms with Crippen molar-refractivity contribution in [3.8, 4) is 11.5 Å². The fraction of sp³-hybridized carbons (Fsp3) is 0.583. The van der Waals surface area contributed by atoms with Crippen LogP contribution in [0.1, 0.15) is 37.3 Å². The third kappa shape index (κ3) is 2.53. The van der Waals surface area contributed by atoms with Crippen LogP contribution in [0.5, 0.6) is 11.5 Å². The van der Waals surface area contributed by atoms with Gasteiger partial charge in [0.05, 0.1) is 5.41 Å². The SMILES string of the molecule is CCCN1CC[C@]23c4c5ccc(O)c4O[C@H]2C2(OC)C=C[C@@]3(C[C@@H]2N)[C@H]1C5.O=C(O)C(=O)O. The van der Waals surface area contributed by atoms with E-state index in [0.29, 0.717) is 11.8 Å². The molecule has 1 aromatic rings. The van der Waals surface area contributed by atoms with Gasteiger partial charge >= 0.3 is 11.9 Å². The number of hydrogen-bond donors (Lipinski definition) is 4. The molecular formula is C24H30N2O7. The van der Waals surface area contributed by atoms with Crippen molar-refractivity contribution in [3.63, 3.8) is 0 Å². The number of benzene rings is 1. The largest absolute Gasteiger partial charge is 0.504 e. The van der Waals surface area contributed by atoms with Crippen molar-refractivity contribution >= 4 is 11.9 Å². The zero-order valence-corrected chi connectivity index (χ0v) is 18.8. The smallest absolute Gasteiger partial charge is 0.414 e. The molecule has 6 atom stereocenters. The van der Waals surface area contributed by atoms with E-state index in [1.807, 2.05) is 0 Å². The first kappa shape index (κ1) is 22.2. The van der Waals surface area contributed by atoms with Gasteiger partial charge in [-0.3, -0.25) is 4.90 Å². The van der Waals surface area contributed by atoms with Crippen LogP contribution in [0, 0.1) is 5.41 Å². The fourth-order valence-electron chi connectivity index (χ4n) is 7.54. The van der Waals surface area contributed by atoms with Crippen molar-refractivity contribution in [1.29, 1.82) is 0 Å². The normalized spacial score (nSPS) is 38.7. The lowest BCUT2D eigenvalue weighted by Crippen LogP contribution is -2.81. The third-order valence-corrected chi connectivity index (χ3v) is 8.66. The van der Waals surface area contributed by atoms with Crippen molar-refractivity contribution in [2.45, 2.75) is 61.8 Å². The Bertz CT molecular complexity index is 1050. The number of carboxylic acids is 2. The summed E-state index contributed by atoms with van der Waals surface area (Å²) in [5.41, 5.74) is 8.52. The first-order valence-corrected chi connectivity index (χ1v) is 11.4. The summed E-state index contributed by atoms with van der Waals surface area (Å²) in [7, 11) is 1.75. The van der Waals surface area contributed by atoms with Crippen LogP contribution in [0.2, 0.25) is 0 Å². The van der Waals surface area contributed by atoms with E-state index < -0.39 is 17.5 Å². The molecule has 0 aromatic heterocycles. The molecule has 1 unspecified atom stereocenters. The molecule has 6 aliphatic rings. The Hall–Kier alpha value is -2.62. The highest BCUT2D eigenvalue weighted by atomic mass is 16.6. The number of phenols is 1. The van der Waals surface area contributed by atoms with E-state index in [2.05, 4.69) is 30.0 Å². The van der Waals surface area contributed by atoms with E-state index in [4.69, 9.17) is 35.0 Å². The summed E-state index contributed by atoms with van der Waals surface area (Å²) >= 11 is 0. The maximum absolute atomic E-state index is 10.6. The number of methoxy groups -OCH3 is 1. The van der Waals surface area contributed by atoms with Gasteiger partial charge in [-0.1, -0.05) is 25.1 Å². The summed E-state index contributed by atoms with van der Waals surface area (Å²) in [5, 5.41) is 25.4. The molecule has 1 saturated heterocycles. The topological polar surface area (TPSA) is 143 Å². The predicted octanol–water partition coefficient (Wildman–Crippen LogP) is 1.26. The molecule has 0 amide bonds. The van der Waals surface area contributed by atoms with Crippen molar-refractivity contribution in [1.82, 2.24) is 4.90 Å². The highest BCUT2D eigenvalue weighted by molar-refractivity contribution is 6.27. The number of carboxylic acid groups (broad SMARTS) is 2. The molecule has 2 heterocycles. The van der Waals surface area contributed by atoms with Crippen molar-refractivity contribution < 1.29 is 34.4 Å². The van der Waals surface area contributed by atoms with Gasteiger partial charge in [0, 0.05) is 30.2 Å². The summed E-state index contributed by atoms with van der Waals surface area (Å²) in [4.78, 5) is 20.9. The molecule has 0 radical (unpaired) electrons. The van der Waals surface area contributed by atoms with Gasteiger partial charge in [0.25, 0.3) is 0 Å². The van der Waals surface area contributed by atoms with Crippen LogP contribution < -0.4 is 10.5 Å². The summed E-state index contributed by atoms with van der Waals surface area (Å²) in [6, 6.07) is 4.24. The van der Waals surface area contributed by atoms with Crippen molar-refractivity contribution in [2.75, 3.05) is 20.2 Å². The van der Waals surface area contributed by atoms with Crippen LogP contribution in [0.25, 0.3) is 0 Å². The maximum atomic E-state index is 10.6. The van der Waals surface area contributed by atoms with E-state index in [9.17, 15) is 5.11 Å². The number of carbonyl (C=O) groups is 2. The van der Waals surface area contributed by atoms with Crippen LogP contribution in [0.3, 0.4) is 0 Å². The molecule has 9 heteroatoms. The Morgan fingerprint density at radius 2 is 2.00 bits per heavy atom. The van der Waals surface area contributed by atoms with Gasteiger partial charge in [-0.2, -0.15) is 0 Å². The van der Waals surface area contributed by atoms with Gasteiger partial charge in [0.15, 0.2) is 11.5 Å². The van der Waals surface area contributed by atoms with Crippen molar-refractivity contribution in [2.24, 2.45) is 11.1 Å². The minimum Gasteiger partial charge on any atom is -0.504 e. The van der Waals surface area contributed by atoms with Gasteiger partial charge in [0.2, 0.25) is 0 Å². The Kier molecular flexibility index (Phi) is 4.83. The number of fused-ring (bicyclic) bond motifs is 1. The van der Waals surface area contributed by atoms with Gasteiger partial charge in [-0.25, -0.2) is 9.59 Å². The number of rotatable bonds is 3. The lowest BCUT2D eigenvalue weighted by molar-refractivity contribution is -0.197. The predicted molar refractivity (Wildman–Crippen MR) is 117 cm³/mol. The Labute approximate surface area is 191 Å². The number of likely N-dealkylation sites (tertiary alicyclic amines) is 1. The molecule has 5 N–H and O–H groups in total. The number of aromatic hydroxyl groups is 1. The lowest BCUT2D eigenvalue weighted by Gasteiger charge is -2.71. The monoisotopic (exact) mass is 458 g/mol. The molecular weight excluding hydrogens is 428 g/mol. The summed E-state index contributed by atoms with van der Waals surface area (Å²) in [6.45, 7) is 4.44. The molecule has 7 rings (SSSR count). The van der Waals surface area contributed by atoms with Crippen LogP contribution in [0.4, 0.5) is 0 Å². The number of nitrogens with zero attached hydrogens (tertiary/aromatic N) is 1. The average molecular weight is 459 g/mol. The first-order chi connectivity index (χ1) is 15.7. The summed E-state index contributed by atoms with van der Waals surface area (Å²) in [6.07, 6.45) is 8.55. The maximum Gasteiger partial charge on any atom is 0.414 e. The van der Waals surface area contributed by atoms with Gasteiger partial charge in [-0.15, -0.1) is 0 Å². The summed E-state index contributed by atoms with van der Waals surface area (Å²) in [5.74, 6) is -2.71. The van der Waals surface area contributed by atoms with E-state index in [0.717, 1.165) is 38.8 Å². The number of hydrogen-bond acceptors (Lipinski definition) is 7. The van der Waals surface area contributed by atoms with Crippen molar-refractivity contribution in [3.05, 3.63) is 35.4 Å². The van der Waals surface area contributed by atoms with E-state index >= 15 is 0 Å². The quantitative estimate of drug-likeness (QED) is 0.389. The Balaban J connectivity index is 0.000000340. The number of ether oxygens (including phenoxy) is 2. The number of phenolic OH excluding ortho intramolecular Hbond substituents is 1. The third-order valence-electron chi connectivity index (χ3n) is 8.66. The molecule has 178 valence electrons. The zero-order chi connectivity index (χ0) is 23.8. The van der Waals surface area contributed by atoms with Crippen LogP contribution in [0.15, 0.2) is 24.3 Å².